The van der Waals surface area contributed by atoms with Crippen LogP contribution >= 0.6 is 11.3 Å². The van der Waals surface area contributed by atoms with Gasteiger partial charge in [0, 0.05) is 29.6 Å². The van der Waals surface area contributed by atoms with E-state index in [4.69, 9.17) is 0 Å². The molecule has 0 aliphatic heterocycles. The number of aliphatic imine (C=N–C) groups is 1. The molecule has 0 bridgehead atoms. The highest BCUT2D eigenvalue weighted by Gasteiger charge is 2.03. The Kier molecular flexibility index (Phi) is 3.83. The van der Waals surface area contributed by atoms with E-state index in [0.29, 0.717) is 6.42 Å². The second-order valence-electron chi connectivity index (χ2n) is 3.06. The minimum atomic E-state index is 0.144. The lowest BCUT2D eigenvalue weighted by molar-refractivity contribution is 0.100. The van der Waals surface area contributed by atoms with Crippen LogP contribution in [0, 0.1) is 0 Å². The zero-order valence-corrected chi connectivity index (χ0v) is 8.67. The molecule has 1 aromatic rings. The predicted molar refractivity (Wildman–Crippen MR) is 56.9 cm³/mol. The minimum Gasteiger partial charge on any atom is -0.294 e. The summed E-state index contributed by atoms with van der Waals surface area (Å²) >= 11 is 1.54. The van der Waals surface area contributed by atoms with Crippen LogP contribution in [0.4, 0.5) is 0 Å². The molecular weight excluding hydrogens is 182 g/mol. The summed E-state index contributed by atoms with van der Waals surface area (Å²) in [4.78, 5) is 15.5. The van der Waals surface area contributed by atoms with Crippen molar-refractivity contribution in [1.82, 2.24) is 0 Å². The maximum absolute atomic E-state index is 11.4. The molecule has 0 N–H and O–H groups in total. The third-order valence-electron chi connectivity index (χ3n) is 1.52. The second-order valence-corrected chi connectivity index (χ2v) is 3.84. The molecule has 0 saturated heterocycles. The lowest BCUT2D eigenvalue weighted by atomic mass is 10.2. The summed E-state index contributed by atoms with van der Waals surface area (Å²) in [5, 5.41) is 3.78. The van der Waals surface area contributed by atoms with E-state index >= 15 is 0 Å². The third-order valence-corrected chi connectivity index (χ3v) is 2.21. The molecule has 0 unspecified atom stereocenters. The molecule has 3 heteroatoms. The monoisotopic (exact) mass is 195 g/mol. The normalized spacial score (nSPS) is 11.3. The van der Waals surface area contributed by atoms with Crippen LogP contribution in [0.1, 0.15) is 30.6 Å². The van der Waals surface area contributed by atoms with E-state index in [1.807, 2.05) is 30.7 Å². The Labute approximate surface area is 82.3 Å². The summed E-state index contributed by atoms with van der Waals surface area (Å²) in [5.74, 6) is 0.144. The van der Waals surface area contributed by atoms with Crippen LogP contribution in [-0.2, 0) is 0 Å². The number of Topliss-reactive ketones (excluding diaryl/α,β-unsaturated/α-hetero) is 1. The largest absolute Gasteiger partial charge is 0.294 e. The van der Waals surface area contributed by atoms with E-state index < -0.39 is 0 Å². The van der Waals surface area contributed by atoms with Crippen LogP contribution in [-0.4, -0.2) is 18.0 Å². The maximum Gasteiger partial charge on any atom is 0.169 e. The van der Waals surface area contributed by atoms with Gasteiger partial charge in [-0.3, -0.25) is 9.79 Å². The predicted octanol–water partition coefficient (Wildman–Crippen LogP) is 2.80. The van der Waals surface area contributed by atoms with Crippen LogP contribution in [0.2, 0.25) is 0 Å². The van der Waals surface area contributed by atoms with E-state index in [9.17, 15) is 4.79 Å². The molecular formula is C10H13NOS. The highest BCUT2D eigenvalue weighted by atomic mass is 32.1. The maximum atomic E-state index is 11.4. The van der Waals surface area contributed by atoms with E-state index in [1.165, 1.54) is 0 Å². The van der Waals surface area contributed by atoms with Crippen molar-refractivity contribution in [3.63, 3.8) is 0 Å². The number of thiophene rings is 1. The summed E-state index contributed by atoms with van der Waals surface area (Å²) < 4.78 is 0. The molecule has 0 fully saturated rings. The summed E-state index contributed by atoms with van der Waals surface area (Å²) in [6.07, 6.45) is 2.11. The van der Waals surface area contributed by atoms with E-state index in [-0.39, 0.29) is 11.8 Å². The third kappa shape index (κ3) is 3.51. The average Bonchev–Trinajstić information content (AvgIpc) is 2.55. The molecule has 13 heavy (non-hydrogen) atoms. The fourth-order valence-corrected chi connectivity index (χ4v) is 1.55. The van der Waals surface area contributed by atoms with Gasteiger partial charge in [0.15, 0.2) is 5.78 Å². The van der Waals surface area contributed by atoms with Gasteiger partial charge in [-0.1, -0.05) is 0 Å². The van der Waals surface area contributed by atoms with E-state index in [2.05, 4.69) is 4.99 Å². The Balaban J connectivity index is 2.43. The summed E-state index contributed by atoms with van der Waals surface area (Å²) in [7, 11) is 0. The number of carbonyl (C=O) groups excluding carboxylic acids is 1. The highest BCUT2D eigenvalue weighted by molar-refractivity contribution is 7.08. The second kappa shape index (κ2) is 4.92. The van der Waals surface area contributed by atoms with Crippen LogP contribution in [0.3, 0.4) is 0 Å². The number of carbonyl (C=O) groups is 1. The first-order chi connectivity index (χ1) is 6.20. The lowest BCUT2D eigenvalue weighted by Crippen LogP contribution is -1.99. The minimum absolute atomic E-state index is 0.144. The van der Waals surface area contributed by atoms with Gasteiger partial charge in [0.05, 0.1) is 0 Å². The molecule has 1 rings (SSSR count). The first kappa shape index (κ1) is 10.1. The van der Waals surface area contributed by atoms with Crippen molar-refractivity contribution in [2.45, 2.75) is 26.3 Å². The van der Waals surface area contributed by atoms with Gasteiger partial charge in [0.1, 0.15) is 0 Å². The molecule has 0 atom stereocenters. The van der Waals surface area contributed by atoms with Crippen molar-refractivity contribution in [2.24, 2.45) is 4.99 Å². The number of hydrogen-bond donors (Lipinski definition) is 0. The van der Waals surface area contributed by atoms with Gasteiger partial charge < -0.3 is 0 Å². The molecule has 0 saturated carbocycles. The Morgan fingerprint density at radius 2 is 2.46 bits per heavy atom. The van der Waals surface area contributed by atoms with Crippen molar-refractivity contribution in [3.05, 3.63) is 22.4 Å². The molecule has 0 aromatic carbocycles. The fraction of sp³-hybridized carbons (Fsp3) is 0.400. The Morgan fingerprint density at radius 1 is 1.69 bits per heavy atom. The molecule has 70 valence electrons. The van der Waals surface area contributed by atoms with E-state index in [1.54, 1.807) is 17.6 Å². The zero-order chi connectivity index (χ0) is 9.68. The summed E-state index contributed by atoms with van der Waals surface area (Å²) in [5.41, 5.74) is 0.792. The molecule has 1 heterocycles. The van der Waals surface area contributed by atoms with Gasteiger partial charge in [-0.05, 0) is 25.3 Å². The molecule has 0 radical (unpaired) electrons. The number of rotatable bonds is 4. The topological polar surface area (TPSA) is 29.4 Å². The van der Waals surface area contributed by atoms with Gasteiger partial charge in [-0.25, -0.2) is 0 Å². The summed E-state index contributed by atoms with van der Waals surface area (Å²) in [6, 6.07) is 2.12. The highest BCUT2D eigenvalue weighted by Crippen LogP contribution is 2.07. The average molecular weight is 195 g/mol. The molecule has 2 nitrogen and oxygen atoms in total. The van der Waals surface area contributed by atoms with Crippen molar-refractivity contribution in [3.8, 4) is 0 Å². The first-order valence-electron chi connectivity index (χ1n) is 4.27. The Bertz CT molecular complexity index is 288. The molecule has 1 aromatic heterocycles. The smallest absolute Gasteiger partial charge is 0.169 e. The number of nitrogens with zero attached hydrogens (tertiary/aromatic N) is 1. The van der Waals surface area contributed by atoms with Crippen molar-refractivity contribution < 1.29 is 4.79 Å². The van der Waals surface area contributed by atoms with Crippen molar-refractivity contribution in [2.75, 3.05) is 0 Å². The summed E-state index contributed by atoms with van der Waals surface area (Å²) in [6.45, 7) is 3.98. The standard InChI is InChI=1S/C10H13NOS/c1-8(2)11-5-3-10(12)9-4-6-13-7-9/h4-8H,3H2,1-2H3. The van der Waals surface area contributed by atoms with Gasteiger partial charge in [0.25, 0.3) is 0 Å². The van der Waals surface area contributed by atoms with Gasteiger partial charge in [0.2, 0.25) is 0 Å². The van der Waals surface area contributed by atoms with Crippen LogP contribution in [0.25, 0.3) is 0 Å². The number of hydrogen-bond acceptors (Lipinski definition) is 3. The number of ketones is 1. The van der Waals surface area contributed by atoms with Gasteiger partial charge in [-0.15, -0.1) is 0 Å². The Morgan fingerprint density at radius 3 is 3.00 bits per heavy atom. The van der Waals surface area contributed by atoms with Gasteiger partial charge >= 0.3 is 0 Å². The Hall–Kier alpha value is -0.960. The molecule has 0 amide bonds. The lowest BCUT2D eigenvalue weighted by Gasteiger charge is -1.94. The van der Waals surface area contributed by atoms with E-state index in [0.717, 1.165) is 5.56 Å². The van der Waals surface area contributed by atoms with Crippen molar-refractivity contribution in [1.29, 1.82) is 0 Å². The SMILES string of the molecule is CC(C)N=CCC(=O)c1ccsc1. The fourth-order valence-electron chi connectivity index (χ4n) is 0.887. The quantitative estimate of drug-likeness (QED) is 0.536. The van der Waals surface area contributed by atoms with Crippen LogP contribution < -0.4 is 0 Å². The van der Waals surface area contributed by atoms with Gasteiger partial charge in [-0.2, -0.15) is 11.3 Å². The zero-order valence-electron chi connectivity index (χ0n) is 7.86. The first-order valence-corrected chi connectivity index (χ1v) is 5.21. The van der Waals surface area contributed by atoms with Crippen LogP contribution in [0.5, 0.6) is 0 Å². The van der Waals surface area contributed by atoms with Crippen molar-refractivity contribution >= 4 is 23.3 Å². The van der Waals surface area contributed by atoms with Crippen LogP contribution in [0.15, 0.2) is 21.8 Å². The molecule has 0 aliphatic rings. The molecule has 0 aliphatic carbocycles. The molecule has 0 spiro atoms.